The van der Waals surface area contributed by atoms with E-state index in [1.165, 1.54) is 0 Å². The molecule has 1 saturated heterocycles. The number of carbonyl (C=O) groups is 2. The molecule has 1 aromatic rings. The van der Waals surface area contributed by atoms with Gasteiger partial charge < -0.3 is 10.0 Å². The second-order valence-corrected chi connectivity index (χ2v) is 4.91. The number of carboxylic acids is 1. The normalized spacial score (nSPS) is 27.6. The minimum Gasteiger partial charge on any atom is -0.481 e. The molecule has 18 heavy (non-hydrogen) atoms. The van der Waals surface area contributed by atoms with E-state index >= 15 is 0 Å². The van der Waals surface area contributed by atoms with Crippen LogP contribution in [0.15, 0.2) is 24.5 Å². The van der Waals surface area contributed by atoms with E-state index in [1.807, 2.05) is 0 Å². The minimum atomic E-state index is -0.895. The Morgan fingerprint density at radius 3 is 2.56 bits per heavy atom. The molecule has 5 heteroatoms. The molecule has 1 saturated carbocycles. The van der Waals surface area contributed by atoms with Crippen molar-refractivity contribution in [3.8, 4) is 0 Å². The van der Waals surface area contributed by atoms with E-state index in [2.05, 4.69) is 4.98 Å². The Labute approximate surface area is 104 Å². The van der Waals surface area contributed by atoms with E-state index in [-0.39, 0.29) is 24.4 Å². The zero-order valence-electron chi connectivity index (χ0n) is 9.82. The van der Waals surface area contributed by atoms with Gasteiger partial charge in [0.2, 0.25) is 5.91 Å². The van der Waals surface area contributed by atoms with E-state index in [4.69, 9.17) is 0 Å². The van der Waals surface area contributed by atoms with Gasteiger partial charge in [-0.15, -0.1) is 0 Å². The van der Waals surface area contributed by atoms with Crippen molar-refractivity contribution in [3.05, 3.63) is 30.1 Å². The largest absolute Gasteiger partial charge is 0.481 e. The van der Waals surface area contributed by atoms with Gasteiger partial charge in [0, 0.05) is 24.9 Å². The van der Waals surface area contributed by atoms with Crippen LogP contribution in [0.2, 0.25) is 0 Å². The quantitative estimate of drug-likeness (QED) is 0.870. The molecule has 0 spiro atoms. The SMILES string of the molecule is O=C(O)C1CC(=O)N(C2CC2)C1c1ccncc1. The Hall–Kier alpha value is -1.91. The third-order valence-electron chi connectivity index (χ3n) is 3.67. The van der Waals surface area contributed by atoms with Crippen LogP contribution in [0.5, 0.6) is 0 Å². The van der Waals surface area contributed by atoms with Crippen molar-refractivity contribution in [3.63, 3.8) is 0 Å². The number of hydrogen-bond donors (Lipinski definition) is 1. The fourth-order valence-corrected chi connectivity index (χ4v) is 2.71. The summed E-state index contributed by atoms with van der Waals surface area (Å²) in [4.78, 5) is 29.0. The van der Waals surface area contributed by atoms with Crippen molar-refractivity contribution in [1.82, 2.24) is 9.88 Å². The van der Waals surface area contributed by atoms with Gasteiger partial charge in [0.1, 0.15) is 0 Å². The summed E-state index contributed by atoms with van der Waals surface area (Å²) < 4.78 is 0. The molecule has 94 valence electrons. The van der Waals surface area contributed by atoms with Crippen molar-refractivity contribution in [2.24, 2.45) is 5.92 Å². The predicted octanol–water partition coefficient (Wildman–Crippen LogP) is 1.22. The number of likely N-dealkylation sites (tertiary alicyclic amines) is 1. The van der Waals surface area contributed by atoms with Crippen LogP contribution >= 0.6 is 0 Å². The number of amides is 1. The Bertz CT molecular complexity index is 484. The molecule has 2 heterocycles. The molecule has 0 radical (unpaired) electrons. The lowest BCUT2D eigenvalue weighted by Gasteiger charge is -2.27. The van der Waals surface area contributed by atoms with Gasteiger partial charge in [0.15, 0.2) is 0 Å². The van der Waals surface area contributed by atoms with Crippen LogP contribution in [-0.2, 0) is 9.59 Å². The molecule has 0 aromatic carbocycles. The minimum absolute atomic E-state index is 0.0355. The maximum atomic E-state index is 12.0. The van der Waals surface area contributed by atoms with Crippen LogP contribution in [0.25, 0.3) is 0 Å². The van der Waals surface area contributed by atoms with Crippen LogP contribution in [0.1, 0.15) is 30.9 Å². The van der Waals surface area contributed by atoms with Gasteiger partial charge >= 0.3 is 5.97 Å². The number of aliphatic carboxylic acids is 1. The lowest BCUT2D eigenvalue weighted by atomic mass is 9.94. The molecule has 1 aromatic heterocycles. The number of hydrogen-bond acceptors (Lipinski definition) is 3. The average molecular weight is 246 g/mol. The highest BCUT2D eigenvalue weighted by molar-refractivity contribution is 5.87. The van der Waals surface area contributed by atoms with Gasteiger partial charge in [-0.05, 0) is 30.5 Å². The van der Waals surface area contributed by atoms with Crippen molar-refractivity contribution < 1.29 is 14.7 Å². The fourth-order valence-electron chi connectivity index (χ4n) is 2.71. The highest BCUT2D eigenvalue weighted by Gasteiger charge is 2.49. The maximum Gasteiger partial charge on any atom is 0.309 e. The van der Waals surface area contributed by atoms with Gasteiger partial charge in [-0.3, -0.25) is 14.6 Å². The summed E-state index contributed by atoms with van der Waals surface area (Å²) in [6.45, 7) is 0. The lowest BCUT2D eigenvalue weighted by Crippen LogP contribution is -2.32. The molecule has 1 aliphatic heterocycles. The molecule has 1 amide bonds. The first-order valence-electron chi connectivity index (χ1n) is 6.12. The van der Waals surface area contributed by atoms with Crippen LogP contribution in [0.4, 0.5) is 0 Å². The summed E-state index contributed by atoms with van der Waals surface area (Å²) in [5.41, 5.74) is 0.871. The second-order valence-electron chi connectivity index (χ2n) is 4.91. The van der Waals surface area contributed by atoms with Gasteiger partial charge in [-0.2, -0.15) is 0 Å². The van der Waals surface area contributed by atoms with E-state index in [0.29, 0.717) is 0 Å². The Morgan fingerprint density at radius 1 is 1.33 bits per heavy atom. The summed E-state index contributed by atoms with van der Waals surface area (Å²) in [6, 6.07) is 3.51. The number of aromatic nitrogens is 1. The van der Waals surface area contributed by atoms with Crippen molar-refractivity contribution >= 4 is 11.9 Å². The van der Waals surface area contributed by atoms with E-state index in [9.17, 15) is 14.7 Å². The van der Waals surface area contributed by atoms with Crippen LogP contribution in [-0.4, -0.2) is 32.9 Å². The standard InChI is InChI=1S/C13H14N2O3/c16-11-7-10(13(17)18)12(15(11)9-1-2-9)8-3-5-14-6-4-8/h3-6,9-10,12H,1-2,7H2,(H,17,18). The molecule has 2 aliphatic rings. The number of carbonyl (C=O) groups excluding carboxylic acids is 1. The smallest absolute Gasteiger partial charge is 0.309 e. The molecule has 5 nitrogen and oxygen atoms in total. The summed E-state index contributed by atoms with van der Waals surface area (Å²) in [7, 11) is 0. The number of rotatable bonds is 3. The third kappa shape index (κ3) is 1.75. The van der Waals surface area contributed by atoms with Crippen molar-refractivity contribution in [2.45, 2.75) is 31.3 Å². The predicted molar refractivity (Wildman–Crippen MR) is 62.6 cm³/mol. The number of pyridine rings is 1. The molecular weight excluding hydrogens is 232 g/mol. The fraction of sp³-hybridized carbons (Fsp3) is 0.462. The first kappa shape index (κ1) is 11.2. The highest BCUT2D eigenvalue weighted by Crippen LogP contribution is 2.44. The number of nitrogens with zero attached hydrogens (tertiary/aromatic N) is 2. The Morgan fingerprint density at radius 2 is 2.00 bits per heavy atom. The summed E-state index contributed by atoms with van der Waals surface area (Å²) >= 11 is 0. The van der Waals surface area contributed by atoms with Crippen molar-refractivity contribution in [2.75, 3.05) is 0 Å². The molecular formula is C13H14N2O3. The second kappa shape index (κ2) is 4.08. The first-order valence-corrected chi connectivity index (χ1v) is 6.12. The molecule has 3 rings (SSSR count). The molecule has 2 unspecified atom stereocenters. The third-order valence-corrected chi connectivity index (χ3v) is 3.67. The van der Waals surface area contributed by atoms with Crippen LogP contribution in [0, 0.1) is 5.92 Å². The Kier molecular flexibility index (Phi) is 2.54. The number of carboxylic acid groups (broad SMARTS) is 1. The first-order chi connectivity index (χ1) is 8.68. The van der Waals surface area contributed by atoms with Gasteiger partial charge in [-0.1, -0.05) is 0 Å². The van der Waals surface area contributed by atoms with Gasteiger partial charge in [-0.25, -0.2) is 0 Å². The molecule has 0 bridgehead atoms. The summed E-state index contributed by atoms with van der Waals surface area (Å²) in [5.74, 6) is -1.57. The van der Waals surface area contributed by atoms with E-state index in [0.717, 1.165) is 18.4 Å². The molecule has 2 atom stereocenters. The zero-order valence-corrected chi connectivity index (χ0v) is 9.82. The topological polar surface area (TPSA) is 70.5 Å². The molecule has 2 fully saturated rings. The van der Waals surface area contributed by atoms with Gasteiger partial charge in [0.05, 0.1) is 12.0 Å². The van der Waals surface area contributed by atoms with E-state index < -0.39 is 11.9 Å². The van der Waals surface area contributed by atoms with Crippen LogP contribution in [0.3, 0.4) is 0 Å². The van der Waals surface area contributed by atoms with E-state index in [1.54, 1.807) is 29.4 Å². The highest BCUT2D eigenvalue weighted by atomic mass is 16.4. The van der Waals surface area contributed by atoms with Gasteiger partial charge in [0.25, 0.3) is 0 Å². The zero-order chi connectivity index (χ0) is 12.7. The summed E-state index contributed by atoms with van der Waals surface area (Å²) in [6.07, 6.45) is 5.36. The van der Waals surface area contributed by atoms with Crippen molar-refractivity contribution in [1.29, 1.82) is 0 Å². The molecule has 1 N–H and O–H groups in total. The maximum absolute atomic E-state index is 12.0. The lowest BCUT2D eigenvalue weighted by molar-refractivity contribution is -0.142. The summed E-state index contributed by atoms with van der Waals surface area (Å²) in [5, 5.41) is 9.29. The van der Waals surface area contributed by atoms with Crippen LogP contribution < -0.4 is 0 Å². The Balaban J connectivity index is 1.99. The average Bonchev–Trinajstić information content (AvgIpc) is 3.13. The monoisotopic (exact) mass is 246 g/mol. The molecule has 1 aliphatic carbocycles.